The first-order valence-electron chi connectivity index (χ1n) is 10.6. The zero-order valence-electron chi connectivity index (χ0n) is 17.4. The third-order valence-electron chi connectivity index (χ3n) is 5.28. The molecule has 2 aromatic carbocycles. The highest BCUT2D eigenvalue weighted by atomic mass is 16.5. The Bertz CT molecular complexity index is 901. The van der Waals surface area contributed by atoms with Crippen LogP contribution in [0.4, 0.5) is 0 Å². The van der Waals surface area contributed by atoms with E-state index in [1.54, 1.807) is 0 Å². The summed E-state index contributed by atoms with van der Waals surface area (Å²) in [4.78, 5) is 17.0. The molecule has 0 fully saturated rings. The number of aromatic nitrogens is 2. The van der Waals surface area contributed by atoms with Gasteiger partial charge in [0.15, 0.2) is 0 Å². The molecule has 0 radical (unpaired) electrons. The second kappa shape index (κ2) is 10.6. The molecule has 1 heterocycles. The van der Waals surface area contributed by atoms with Crippen LogP contribution in [-0.4, -0.2) is 28.6 Å². The molecule has 0 bridgehead atoms. The zero-order chi connectivity index (χ0) is 20.5. The lowest BCUT2D eigenvalue weighted by Gasteiger charge is -2.13. The van der Waals surface area contributed by atoms with Crippen molar-refractivity contribution in [2.45, 2.75) is 46.1 Å². The van der Waals surface area contributed by atoms with E-state index in [1.165, 1.54) is 0 Å². The number of hydrogen-bond acceptors (Lipinski definition) is 3. The van der Waals surface area contributed by atoms with Gasteiger partial charge in [0.05, 0.1) is 17.6 Å². The molecule has 0 unspecified atom stereocenters. The van der Waals surface area contributed by atoms with Crippen LogP contribution in [0.2, 0.25) is 0 Å². The van der Waals surface area contributed by atoms with Gasteiger partial charge in [-0.15, -0.1) is 0 Å². The van der Waals surface area contributed by atoms with Crippen molar-refractivity contribution >= 4 is 16.9 Å². The molecule has 3 rings (SSSR count). The molecule has 1 N–H and O–H groups in total. The fourth-order valence-corrected chi connectivity index (χ4v) is 3.60. The van der Waals surface area contributed by atoms with Gasteiger partial charge >= 0.3 is 0 Å². The third-order valence-corrected chi connectivity index (χ3v) is 5.28. The molecule has 0 saturated carbocycles. The van der Waals surface area contributed by atoms with E-state index in [0.717, 1.165) is 54.8 Å². The molecular formula is C24H31N3O2. The number of nitrogens with zero attached hydrogens (tertiary/aromatic N) is 2. The summed E-state index contributed by atoms with van der Waals surface area (Å²) in [5.41, 5.74) is 2.13. The fraction of sp³-hybridized carbons (Fsp3) is 0.417. The van der Waals surface area contributed by atoms with E-state index < -0.39 is 0 Å². The molecule has 3 aromatic rings. The number of hydrogen-bond donors (Lipinski definition) is 1. The number of para-hydroxylation sites is 3. The minimum atomic E-state index is 0.101. The summed E-state index contributed by atoms with van der Waals surface area (Å²) in [6.07, 6.45) is 3.37. The Balaban J connectivity index is 1.60. The number of nitrogens with one attached hydrogen (secondary N) is 1. The summed E-state index contributed by atoms with van der Waals surface area (Å²) in [6, 6.07) is 18.1. The SMILES string of the molecule is CCC(CC)C(=O)NCCc1nc2ccccc2n1CCCOc1ccccc1. The molecule has 0 aliphatic heterocycles. The zero-order valence-corrected chi connectivity index (χ0v) is 17.4. The van der Waals surface area contributed by atoms with Crippen LogP contribution in [0.15, 0.2) is 54.6 Å². The van der Waals surface area contributed by atoms with Gasteiger partial charge in [0, 0.05) is 25.4 Å². The maximum atomic E-state index is 12.2. The third kappa shape index (κ3) is 5.59. The second-order valence-corrected chi connectivity index (χ2v) is 7.24. The lowest BCUT2D eigenvalue weighted by atomic mass is 10.0. The van der Waals surface area contributed by atoms with E-state index in [-0.39, 0.29) is 11.8 Å². The molecule has 154 valence electrons. The largest absolute Gasteiger partial charge is 0.494 e. The van der Waals surface area contributed by atoms with Crippen LogP contribution in [0.3, 0.4) is 0 Å². The summed E-state index contributed by atoms with van der Waals surface area (Å²) in [7, 11) is 0. The number of carbonyl (C=O) groups is 1. The summed E-state index contributed by atoms with van der Waals surface area (Å²) >= 11 is 0. The van der Waals surface area contributed by atoms with Crippen LogP contribution in [-0.2, 0) is 17.8 Å². The Labute approximate surface area is 173 Å². The molecular weight excluding hydrogens is 362 g/mol. The van der Waals surface area contributed by atoms with Crippen molar-refractivity contribution < 1.29 is 9.53 Å². The first kappa shape index (κ1) is 20.9. The Hall–Kier alpha value is -2.82. The lowest BCUT2D eigenvalue weighted by Crippen LogP contribution is -2.32. The average Bonchev–Trinajstić information content (AvgIpc) is 3.10. The smallest absolute Gasteiger partial charge is 0.223 e. The number of amides is 1. The molecule has 0 atom stereocenters. The number of rotatable bonds is 11. The molecule has 1 aromatic heterocycles. The fourth-order valence-electron chi connectivity index (χ4n) is 3.60. The van der Waals surface area contributed by atoms with Crippen molar-refractivity contribution in [2.75, 3.05) is 13.2 Å². The van der Waals surface area contributed by atoms with Gasteiger partial charge < -0.3 is 14.6 Å². The van der Waals surface area contributed by atoms with Crippen LogP contribution < -0.4 is 10.1 Å². The minimum Gasteiger partial charge on any atom is -0.494 e. The number of aryl methyl sites for hydroxylation is 1. The van der Waals surface area contributed by atoms with Gasteiger partial charge in [-0.05, 0) is 43.5 Å². The number of imidazole rings is 1. The lowest BCUT2D eigenvalue weighted by molar-refractivity contribution is -0.125. The van der Waals surface area contributed by atoms with Crippen molar-refractivity contribution in [1.29, 1.82) is 0 Å². The van der Waals surface area contributed by atoms with Gasteiger partial charge in [0.2, 0.25) is 5.91 Å². The van der Waals surface area contributed by atoms with Gasteiger partial charge in [0.25, 0.3) is 0 Å². The van der Waals surface area contributed by atoms with Crippen molar-refractivity contribution in [2.24, 2.45) is 5.92 Å². The Morgan fingerprint density at radius 2 is 1.79 bits per heavy atom. The van der Waals surface area contributed by atoms with E-state index in [2.05, 4.69) is 29.8 Å². The second-order valence-electron chi connectivity index (χ2n) is 7.24. The Morgan fingerprint density at radius 3 is 2.55 bits per heavy atom. The molecule has 0 aliphatic carbocycles. The number of fused-ring (bicyclic) bond motifs is 1. The maximum absolute atomic E-state index is 12.2. The van der Waals surface area contributed by atoms with Crippen molar-refractivity contribution in [3.8, 4) is 5.75 Å². The Kier molecular flexibility index (Phi) is 7.68. The highest BCUT2D eigenvalue weighted by Crippen LogP contribution is 2.17. The standard InChI is InChI=1S/C24H31N3O2/c1-3-19(4-2)24(28)25-16-15-23-26-21-13-8-9-14-22(21)27(23)17-10-18-29-20-11-6-5-7-12-20/h5-9,11-14,19H,3-4,10,15-18H2,1-2H3,(H,25,28). The van der Waals surface area contributed by atoms with E-state index in [9.17, 15) is 4.79 Å². The quantitative estimate of drug-likeness (QED) is 0.484. The minimum absolute atomic E-state index is 0.101. The molecule has 0 saturated heterocycles. The van der Waals surface area contributed by atoms with E-state index in [0.29, 0.717) is 13.2 Å². The van der Waals surface area contributed by atoms with Crippen LogP contribution in [0, 0.1) is 5.92 Å². The van der Waals surface area contributed by atoms with Gasteiger partial charge in [-0.3, -0.25) is 4.79 Å². The average molecular weight is 394 g/mol. The van der Waals surface area contributed by atoms with Crippen LogP contribution in [0.25, 0.3) is 11.0 Å². The van der Waals surface area contributed by atoms with Gasteiger partial charge in [-0.25, -0.2) is 4.98 Å². The predicted molar refractivity (Wildman–Crippen MR) is 117 cm³/mol. The number of carbonyl (C=O) groups excluding carboxylic acids is 1. The summed E-state index contributed by atoms with van der Waals surface area (Å²) in [5, 5.41) is 3.08. The summed E-state index contributed by atoms with van der Waals surface area (Å²) in [6.45, 7) is 6.22. The molecule has 29 heavy (non-hydrogen) atoms. The molecule has 0 spiro atoms. The van der Waals surface area contributed by atoms with Gasteiger partial charge in [0.1, 0.15) is 11.6 Å². The van der Waals surface area contributed by atoms with E-state index in [4.69, 9.17) is 9.72 Å². The van der Waals surface area contributed by atoms with Crippen LogP contribution in [0.1, 0.15) is 38.9 Å². The number of ether oxygens (including phenoxy) is 1. The topological polar surface area (TPSA) is 56.2 Å². The Morgan fingerprint density at radius 1 is 1.07 bits per heavy atom. The normalized spacial score (nSPS) is 11.1. The van der Waals surface area contributed by atoms with Crippen molar-refractivity contribution in [1.82, 2.24) is 14.9 Å². The monoisotopic (exact) mass is 393 g/mol. The van der Waals surface area contributed by atoms with Crippen LogP contribution >= 0.6 is 0 Å². The molecule has 1 amide bonds. The maximum Gasteiger partial charge on any atom is 0.223 e. The first-order chi connectivity index (χ1) is 14.2. The van der Waals surface area contributed by atoms with Crippen LogP contribution in [0.5, 0.6) is 5.75 Å². The van der Waals surface area contributed by atoms with E-state index >= 15 is 0 Å². The van der Waals surface area contributed by atoms with Crippen molar-refractivity contribution in [3.05, 3.63) is 60.4 Å². The van der Waals surface area contributed by atoms with E-state index in [1.807, 2.05) is 48.5 Å². The highest BCUT2D eigenvalue weighted by Gasteiger charge is 2.15. The predicted octanol–water partition coefficient (Wildman–Crippen LogP) is 4.60. The molecule has 5 heteroatoms. The number of benzene rings is 2. The molecule has 0 aliphatic rings. The van der Waals surface area contributed by atoms with Gasteiger partial charge in [-0.2, -0.15) is 0 Å². The summed E-state index contributed by atoms with van der Waals surface area (Å²) < 4.78 is 8.09. The summed E-state index contributed by atoms with van der Waals surface area (Å²) in [5.74, 6) is 2.15. The highest BCUT2D eigenvalue weighted by molar-refractivity contribution is 5.78. The molecule has 5 nitrogen and oxygen atoms in total. The van der Waals surface area contributed by atoms with Gasteiger partial charge in [-0.1, -0.05) is 44.2 Å². The first-order valence-corrected chi connectivity index (χ1v) is 10.6. The van der Waals surface area contributed by atoms with Crippen molar-refractivity contribution in [3.63, 3.8) is 0 Å².